The molecule has 0 bridgehead atoms. The first kappa shape index (κ1) is 8.62. The van der Waals surface area contributed by atoms with Crippen LogP contribution in [-0.4, -0.2) is 11.8 Å². The van der Waals surface area contributed by atoms with E-state index in [1.165, 1.54) is 18.2 Å². The summed E-state index contributed by atoms with van der Waals surface area (Å²) in [5.74, 6) is -1.57. The van der Waals surface area contributed by atoms with Crippen molar-refractivity contribution in [1.82, 2.24) is 5.32 Å². The minimum Gasteiger partial charge on any atom is -0.289 e. The van der Waals surface area contributed by atoms with Crippen LogP contribution in [0.15, 0.2) is 30.3 Å². The fourth-order valence-corrected chi connectivity index (χ4v) is 1.29. The normalized spacial score (nSPS) is 15.4. The zero-order chi connectivity index (χ0) is 10.1. The summed E-state index contributed by atoms with van der Waals surface area (Å²) >= 11 is 0. The van der Waals surface area contributed by atoms with Gasteiger partial charge in [0.1, 0.15) is 5.82 Å². The van der Waals surface area contributed by atoms with Gasteiger partial charge in [0.25, 0.3) is 11.8 Å². The highest BCUT2D eigenvalue weighted by Gasteiger charge is 2.23. The van der Waals surface area contributed by atoms with Crippen molar-refractivity contribution in [2.75, 3.05) is 0 Å². The number of halogens is 1. The Labute approximate surface area is 79.2 Å². The van der Waals surface area contributed by atoms with Crippen LogP contribution in [0, 0.1) is 5.82 Å². The fourth-order valence-electron chi connectivity index (χ4n) is 1.29. The second-order valence-corrected chi connectivity index (χ2v) is 2.86. The van der Waals surface area contributed by atoms with E-state index in [0.29, 0.717) is 0 Å². The smallest absolute Gasteiger partial charge is 0.259 e. The molecule has 1 aromatic rings. The largest absolute Gasteiger partial charge is 0.289 e. The first-order valence-electron chi connectivity index (χ1n) is 4.00. The van der Waals surface area contributed by atoms with Gasteiger partial charge in [-0.05, 0) is 6.07 Å². The molecule has 1 aromatic carbocycles. The van der Waals surface area contributed by atoms with Crippen molar-refractivity contribution in [2.24, 2.45) is 0 Å². The predicted molar refractivity (Wildman–Crippen MR) is 47.5 cm³/mol. The maximum atomic E-state index is 13.2. The molecular weight excluding hydrogens is 185 g/mol. The maximum Gasteiger partial charge on any atom is 0.259 e. The number of carbonyl (C=O) groups is 2. The van der Waals surface area contributed by atoms with Gasteiger partial charge in [0, 0.05) is 11.6 Å². The molecule has 4 heteroatoms. The van der Waals surface area contributed by atoms with Crippen LogP contribution in [0.3, 0.4) is 0 Å². The molecule has 0 aliphatic carbocycles. The highest BCUT2D eigenvalue weighted by Crippen LogP contribution is 2.20. The highest BCUT2D eigenvalue weighted by molar-refractivity contribution is 6.33. The number of rotatable bonds is 1. The van der Waals surface area contributed by atoms with E-state index in [1.807, 2.05) is 0 Å². The molecule has 0 saturated heterocycles. The molecule has 3 nitrogen and oxygen atoms in total. The highest BCUT2D eigenvalue weighted by atomic mass is 19.1. The molecule has 0 saturated carbocycles. The quantitative estimate of drug-likeness (QED) is 0.669. The molecule has 1 N–H and O–H groups in total. The van der Waals surface area contributed by atoms with Crippen molar-refractivity contribution in [2.45, 2.75) is 0 Å². The molecule has 14 heavy (non-hydrogen) atoms. The van der Waals surface area contributed by atoms with Crippen LogP contribution < -0.4 is 5.32 Å². The first-order chi connectivity index (χ1) is 6.68. The third-order valence-electron chi connectivity index (χ3n) is 1.92. The van der Waals surface area contributed by atoms with Crippen LogP contribution in [0.1, 0.15) is 5.56 Å². The number of benzene rings is 1. The summed E-state index contributed by atoms with van der Waals surface area (Å²) in [6.45, 7) is 0. The van der Waals surface area contributed by atoms with E-state index >= 15 is 0 Å². The van der Waals surface area contributed by atoms with Crippen LogP contribution in [0.4, 0.5) is 4.39 Å². The van der Waals surface area contributed by atoms with Crippen LogP contribution in [0.5, 0.6) is 0 Å². The maximum absolute atomic E-state index is 13.2. The standard InChI is InChI=1S/C10H6FNO2/c11-8-4-2-1-3-6(8)7-5-9(13)12-10(7)14/h1-5H,(H,12,13,14). The lowest BCUT2D eigenvalue weighted by atomic mass is 10.1. The molecule has 1 aliphatic rings. The van der Waals surface area contributed by atoms with Crippen LogP contribution >= 0.6 is 0 Å². The molecule has 0 unspecified atom stereocenters. The van der Waals surface area contributed by atoms with E-state index in [2.05, 4.69) is 5.32 Å². The number of amides is 2. The molecule has 0 fully saturated rings. The van der Waals surface area contributed by atoms with Crippen molar-refractivity contribution >= 4 is 17.4 Å². The van der Waals surface area contributed by atoms with Gasteiger partial charge in [0.15, 0.2) is 0 Å². The zero-order valence-corrected chi connectivity index (χ0v) is 7.08. The van der Waals surface area contributed by atoms with E-state index in [9.17, 15) is 14.0 Å². The molecule has 0 aromatic heterocycles. The van der Waals surface area contributed by atoms with Crippen molar-refractivity contribution in [3.05, 3.63) is 41.7 Å². The molecule has 2 rings (SSSR count). The van der Waals surface area contributed by atoms with E-state index < -0.39 is 17.6 Å². The number of nitrogens with one attached hydrogen (secondary N) is 1. The summed E-state index contributed by atoms with van der Waals surface area (Å²) < 4.78 is 13.2. The van der Waals surface area contributed by atoms with E-state index in [0.717, 1.165) is 6.08 Å². The van der Waals surface area contributed by atoms with Crippen molar-refractivity contribution < 1.29 is 14.0 Å². The van der Waals surface area contributed by atoms with Gasteiger partial charge in [-0.2, -0.15) is 0 Å². The Morgan fingerprint density at radius 1 is 1.14 bits per heavy atom. The second kappa shape index (κ2) is 3.06. The van der Waals surface area contributed by atoms with E-state index in [-0.39, 0.29) is 11.1 Å². The molecular formula is C10H6FNO2. The Balaban J connectivity index is 2.51. The first-order valence-corrected chi connectivity index (χ1v) is 4.00. The van der Waals surface area contributed by atoms with Gasteiger partial charge >= 0.3 is 0 Å². The van der Waals surface area contributed by atoms with Crippen LogP contribution in [0.2, 0.25) is 0 Å². The number of imide groups is 1. The third kappa shape index (κ3) is 1.31. The van der Waals surface area contributed by atoms with Gasteiger partial charge in [0.2, 0.25) is 0 Å². The fraction of sp³-hybridized carbons (Fsp3) is 0. The lowest BCUT2D eigenvalue weighted by Gasteiger charge is -2.00. The van der Waals surface area contributed by atoms with Gasteiger partial charge in [0.05, 0.1) is 5.57 Å². The van der Waals surface area contributed by atoms with Crippen molar-refractivity contribution in [3.8, 4) is 0 Å². The number of hydrogen-bond donors (Lipinski definition) is 1. The zero-order valence-electron chi connectivity index (χ0n) is 7.08. The molecule has 0 radical (unpaired) electrons. The van der Waals surface area contributed by atoms with Gasteiger partial charge in [-0.25, -0.2) is 4.39 Å². The number of carbonyl (C=O) groups excluding carboxylic acids is 2. The molecule has 0 atom stereocenters. The monoisotopic (exact) mass is 191 g/mol. The second-order valence-electron chi connectivity index (χ2n) is 2.86. The van der Waals surface area contributed by atoms with Crippen molar-refractivity contribution in [1.29, 1.82) is 0 Å². The summed E-state index contributed by atoms with van der Waals surface area (Å²) in [4.78, 5) is 22.0. The topological polar surface area (TPSA) is 46.2 Å². The van der Waals surface area contributed by atoms with Crippen LogP contribution in [-0.2, 0) is 9.59 Å². The Hall–Kier alpha value is -1.97. The Kier molecular flexibility index (Phi) is 1.89. The third-order valence-corrected chi connectivity index (χ3v) is 1.92. The molecule has 70 valence electrons. The van der Waals surface area contributed by atoms with Crippen molar-refractivity contribution in [3.63, 3.8) is 0 Å². The van der Waals surface area contributed by atoms with E-state index in [4.69, 9.17) is 0 Å². The van der Waals surface area contributed by atoms with Gasteiger partial charge in [-0.1, -0.05) is 18.2 Å². The summed E-state index contributed by atoms with van der Waals surface area (Å²) in [5, 5.41) is 2.06. The molecule has 2 amide bonds. The average Bonchev–Trinajstić information content (AvgIpc) is 2.46. The summed E-state index contributed by atoms with van der Waals surface area (Å²) in [7, 11) is 0. The summed E-state index contributed by atoms with van der Waals surface area (Å²) in [6, 6.07) is 5.83. The molecule has 1 heterocycles. The van der Waals surface area contributed by atoms with Gasteiger partial charge in [-0.15, -0.1) is 0 Å². The lowest BCUT2D eigenvalue weighted by molar-refractivity contribution is -0.123. The van der Waals surface area contributed by atoms with Gasteiger partial charge in [-0.3, -0.25) is 14.9 Å². The lowest BCUT2D eigenvalue weighted by Crippen LogP contribution is -2.21. The number of hydrogen-bond acceptors (Lipinski definition) is 2. The predicted octanol–water partition coefficient (Wildman–Crippen LogP) is 0.865. The summed E-state index contributed by atoms with van der Waals surface area (Å²) in [6.07, 6.45) is 1.10. The Bertz CT molecular complexity index is 451. The molecule has 0 spiro atoms. The minimum atomic E-state index is -0.555. The molecule has 1 aliphatic heterocycles. The Morgan fingerprint density at radius 3 is 2.43 bits per heavy atom. The summed E-state index contributed by atoms with van der Waals surface area (Å²) in [5.41, 5.74) is 0.226. The van der Waals surface area contributed by atoms with E-state index in [1.54, 1.807) is 6.07 Å². The average molecular weight is 191 g/mol. The van der Waals surface area contributed by atoms with Gasteiger partial charge < -0.3 is 0 Å². The minimum absolute atomic E-state index is 0.0769. The SMILES string of the molecule is O=C1C=C(c2ccccc2F)C(=O)N1. The van der Waals surface area contributed by atoms with Crippen LogP contribution in [0.25, 0.3) is 5.57 Å². The Morgan fingerprint density at radius 2 is 1.86 bits per heavy atom.